The molecule has 1 aromatic heterocycles. The second kappa shape index (κ2) is 19.6. The van der Waals surface area contributed by atoms with Gasteiger partial charge in [-0.15, -0.1) is 0 Å². The highest BCUT2D eigenvalue weighted by atomic mass is 15.1. The van der Waals surface area contributed by atoms with Crippen LogP contribution in [0.5, 0.6) is 0 Å². The topological polar surface area (TPSA) is 8.17 Å². The molecule has 0 saturated heterocycles. The summed E-state index contributed by atoms with van der Waals surface area (Å²) in [5, 5.41) is 2.45. The molecule has 0 N–H and O–H groups in total. The van der Waals surface area contributed by atoms with Gasteiger partial charge < -0.3 is 9.47 Å². The standard InChI is InChI=1S/C79H56N2/c1-3-53-22-26-57(27-23-53)60-16-13-19-69(49-60)81-77-46-36-63(50-73(77)74-51-64(37-47-78(74)81)62-31-29-58-28-30-61(58)48-62)59-34-42-68(43-35-59)80(67-40-32-56(33-41-67)55-14-7-5-8-15-55)70-44-45-72-71-20-11-12-21-75(71)79(76(72)52-70,65-17-9-6-10-18-65)66-38-24-54(4-2)25-39-66/h3-27,29,31-52H,1-2,28,30H2. The summed E-state index contributed by atoms with van der Waals surface area (Å²) in [7, 11) is 0. The Morgan fingerprint density at radius 3 is 1.43 bits per heavy atom. The summed E-state index contributed by atoms with van der Waals surface area (Å²) in [6.45, 7) is 8.07. The van der Waals surface area contributed by atoms with Crippen molar-refractivity contribution in [2.75, 3.05) is 4.90 Å². The largest absolute Gasteiger partial charge is 0.310 e. The molecule has 0 saturated carbocycles. The zero-order valence-corrected chi connectivity index (χ0v) is 44.9. The Bertz CT molecular complexity index is 4570. The van der Waals surface area contributed by atoms with Crippen molar-refractivity contribution in [3.05, 3.63) is 337 Å². The first-order chi connectivity index (χ1) is 40.0. The maximum absolute atomic E-state index is 4.10. The highest BCUT2D eigenvalue weighted by molar-refractivity contribution is 6.12. The van der Waals surface area contributed by atoms with Crippen molar-refractivity contribution < 1.29 is 0 Å². The van der Waals surface area contributed by atoms with Crippen molar-refractivity contribution >= 4 is 51.0 Å². The van der Waals surface area contributed by atoms with Crippen LogP contribution >= 0.6 is 0 Å². The molecule has 2 heteroatoms. The maximum Gasteiger partial charge on any atom is 0.0714 e. The first kappa shape index (κ1) is 47.9. The molecule has 15 rings (SSSR count). The minimum absolute atomic E-state index is 0.569. The number of rotatable bonds is 12. The molecular weight excluding hydrogens is 977 g/mol. The van der Waals surface area contributed by atoms with Gasteiger partial charge in [-0.3, -0.25) is 0 Å². The average Bonchev–Trinajstić information content (AvgIpc) is 4.25. The van der Waals surface area contributed by atoms with Crippen LogP contribution in [-0.2, 0) is 18.3 Å². The van der Waals surface area contributed by atoms with Crippen LogP contribution in [0.25, 0.3) is 95.3 Å². The number of benzene rings is 12. The Kier molecular flexibility index (Phi) is 11.6. The maximum atomic E-state index is 4.10. The van der Waals surface area contributed by atoms with E-state index in [0.29, 0.717) is 0 Å². The van der Waals surface area contributed by atoms with Crippen LogP contribution in [0.15, 0.2) is 292 Å². The monoisotopic (exact) mass is 1030 g/mol. The van der Waals surface area contributed by atoms with E-state index < -0.39 is 5.41 Å². The normalized spacial score (nSPS) is 14.0. The fourth-order valence-electron chi connectivity index (χ4n) is 13.1. The van der Waals surface area contributed by atoms with E-state index in [1.165, 1.54) is 112 Å². The van der Waals surface area contributed by atoms with Crippen LogP contribution < -0.4 is 4.90 Å². The Labute approximate surface area is 474 Å². The predicted octanol–water partition coefficient (Wildman–Crippen LogP) is 20.7. The lowest BCUT2D eigenvalue weighted by Crippen LogP contribution is -2.28. The van der Waals surface area contributed by atoms with E-state index in [1.807, 2.05) is 12.2 Å². The second-order valence-corrected chi connectivity index (χ2v) is 21.7. The second-order valence-electron chi connectivity index (χ2n) is 21.7. The molecule has 13 aromatic rings. The van der Waals surface area contributed by atoms with Gasteiger partial charge >= 0.3 is 0 Å². The zero-order valence-electron chi connectivity index (χ0n) is 44.9. The molecule has 1 heterocycles. The van der Waals surface area contributed by atoms with Crippen LogP contribution in [0, 0.1) is 0 Å². The van der Waals surface area contributed by atoms with Crippen molar-refractivity contribution in [1.29, 1.82) is 0 Å². The van der Waals surface area contributed by atoms with Crippen LogP contribution in [0.2, 0.25) is 0 Å². The Balaban J connectivity index is 0.871. The van der Waals surface area contributed by atoms with E-state index in [1.54, 1.807) is 0 Å². The smallest absolute Gasteiger partial charge is 0.0714 e. The molecule has 81 heavy (non-hydrogen) atoms. The Morgan fingerprint density at radius 2 is 0.802 bits per heavy atom. The van der Waals surface area contributed by atoms with Gasteiger partial charge in [-0.25, -0.2) is 0 Å². The van der Waals surface area contributed by atoms with Gasteiger partial charge in [-0.05, 0) is 186 Å². The molecule has 382 valence electrons. The number of anilines is 3. The minimum atomic E-state index is -0.569. The molecule has 0 amide bonds. The predicted molar refractivity (Wildman–Crippen MR) is 342 cm³/mol. The molecule has 2 aliphatic rings. The van der Waals surface area contributed by atoms with Crippen LogP contribution in [0.1, 0.15) is 44.5 Å². The highest BCUT2D eigenvalue weighted by Crippen LogP contribution is 2.57. The summed E-state index contributed by atoms with van der Waals surface area (Å²) in [5.74, 6) is 0. The number of nitrogens with zero attached hydrogens (tertiary/aromatic N) is 2. The molecule has 0 radical (unpaired) electrons. The van der Waals surface area contributed by atoms with Crippen LogP contribution in [-0.4, -0.2) is 4.57 Å². The van der Waals surface area contributed by atoms with E-state index in [0.717, 1.165) is 45.9 Å². The summed E-state index contributed by atoms with van der Waals surface area (Å²) >= 11 is 0. The van der Waals surface area contributed by atoms with Crippen molar-refractivity contribution in [3.8, 4) is 61.3 Å². The molecule has 0 aliphatic heterocycles. The van der Waals surface area contributed by atoms with Crippen molar-refractivity contribution in [3.63, 3.8) is 0 Å². The number of fused-ring (bicyclic) bond motifs is 7. The van der Waals surface area contributed by atoms with Crippen molar-refractivity contribution in [1.82, 2.24) is 4.57 Å². The van der Waals surface area contributed by atoms with Crippen LogP contribution in [0.4, 0.5) is 17.1 Å². The number of aromatic nitrogens is 1. The fourth-order valence-corrected chi connectivity index (χ4v) is 13.1. The van der Waals surface area contributed by atoms with Gasteiger partial charge in [-0.2, -0.15) is 0 Å². The first-order valence-corrected chi connectivity index (χ1v) is 28.2. The van der Waals surface area contributed by atoms with E-state index in [4.69, 9.17) is 0 Å². The molecule has 12 aromatic carbocycles. The molecule has 1 unspecified atom stereocenters. The lowest BCUT2D eigenvalue weighted by molar-refractivity contribution is 0.768. The lowest BCUT2D eigenvalue weighted by Gasteiger charge is -2.35. The van der Waals surface area contributed by atoms with Crippen molar-refractivity contribution in [2.24, 2.45) is 0 Å². The highest BCUT2D eigenvalue weighted by Gasteiger charge is 2.46. The van der Waals surface area contributed by atoms with Gasteiger partial charge in [0.1, 0.15) is 0 Å². The lowest BCUT2D eigenvalue weighted by atomic mass is 9.67. The van der Waals surface area contributed by atoms with E-state index in [9.17, 15) is 0 Å². The minimum Gasteiger partial charge on any atom is -0.310 e. The number of aryl methyl sites for hydroxylation is 2. The average molecular weight is 1030 g/mol. The van der Waals surface area contributed by atoms with Crippen LogP contribution in [0.3, 0.4) is 0 Å². The Morgan fingerprint density at radius 1 is 0.333 bits per heavy atom. The summed E-state index contributed by atoms with van der Waals surface area (Å²) in [6, 6.07) is 104. The molecule has 0 bridgehead atoms. The number of hydrogen-bond donors (Lipinski definition) is 0. The number of hydrogen-bond acceptors (Lipinski definition) is 1. The summed E-state index contributed by atoms with van der Waals surface area (Å²) in [6.07, 6.45) is 6.15. The van der Waals surface area contributed by atoms with Gasteiger partial charge in [-0.1, -0.05) is 232 Å². The van der Waals surface area contributed by atoms with Gasteiger partial charge in [0.2, 0.25) is 0 Å². The summed E-state index contributed by atoms with van der Waals surface area (Å²) < 4.78 is 2.44. The molecule has 2 nitrogen and oxygen atoms in total. The first-order valence-electron chi connectivity index (χ1n) is 28.2. The third kappa shape index (κ3) is 8.02. The van der Waals surface area contributed by atoms with E-state index in [2.05, 4.69) is 302 Å². The summed E-state index contributed by atoms with van der Waals surface area (Å²) in [4.78, 5) is 2.43. The van der Waals surface area contributed by atoms with E-state index >= 15 is 0 Å². The third-order valence-electron chi connectivity index (χ3n) is 17.3. The van der Waals surface area contributed by atoms with E-state index in [-0.39, 0.29) is 0 Å². The molecule has 2 aliphatic carbocycles. The fraction of sp³-hybridized carbons (Fsp3) is 0.0380. The quantitative estimate of drug-likeness (QED) is 0.118. The SMILES string of the molecule is C=Cc1ccc(-c2cccc(-n3c4ccc(-c5ccc(N(c6ccc(-c7ccccc7)cc6)c6ccc7c(c6)C(c6ccccc6)(c6ccc(C=C)cc6)c6ccccc6-7)cc5)cc4c4cc(-c5ccc6c(c5)CC6)ccc43)c2)cc1. The molecule has 0 fully saturated rings. The van der Waals surface area contributed by atoms with Gasteiger partial charge in [0, 0.05) is 33.5 Å². The molecular formula is C79H56N2. The van der Waals surface area contributed by atoms with Gasteiger partial charge in [0.25, 0.3) is 0 Å². The zero-order chi connectivity index (χ0) is 54.0. The third-order valence-corrected chi connectivity index (χ3v) is 17.3. The van der Waals surface area contributed by atoms with Crippen molar-refractivity contribution in [2.45, 2.75) is 18.3 Å². The molecule has 1 atom stereocenters. The summed E-state index contributed by atoms with van der Waals surface area (Å²) in [5.41, 5.74) is 28.3. The Hall–Kier alpha value is -10.3. The van der Waals surface area contributed by atoms with Gasteiger partial charge in [0.15, 0.2) is 0 Å². The van der Waals surface area contributed by atoms with Gasteiger partial charge in [0.05, 0.1) is 16.4 Å². The molecule has 0 spiro atoms.